The summed E-state index contributed by atoms with van der Waals surface area (Å²) in [6.45, 7) is 3.66. The first-order chi connectivity index (χ1) is 8.93. The van der Waals surface area contributed by atoms with Gasteiger partial charge in [-0.05, 0) is 31.5 Å². The van der Waals surface area contributed by atoms with Crippen LogP contribution >= 0.6 is 11.8 Å². The first-order valence-electron chi connectivity index (χ1n) is 5.87. The molecule has 0 heterocycles. The Morgan fingerprint density at radius 3 is 2.32 bits per heavy atom. The summed E-state index contributed by atoms with van der Waals surface area (Å²) in [5.74, 6) is -0.635. The fourth-order valence-corrected chi connectivity index (χ4v) is 2.57. The second-order valence-corrected chi connectivity index (χ2v) is 5.73. The van der Waals surface area contributed by atoms with Crippen molar-refractivity contribution in [2.24, 2.45) is 0 Å². The molecular weight excluding hydrogens is 267 g/mol. The molecule has 0 unspecified atom stereocenters. The molecule has 0 aliphatic heterocycles. The summed E-state index contributed by atoms with van der Waals surface area (Å²) < 4.78 is 12.8. The van der Waals surface area contributed by atoms with E-state index in [0.29, 0.717) is 0 Å². The van der Waals surface area contributed by atoms with Gasteiger partial charge >= 0.3 is 6.03 Å². The second kappa shape index (κ2) is 7.13. The molecule has 0 saturated carbocycles. The highest BCUT2D eigenvalue weighted by Crippen LogP contribution is 2.31. The highest BCUT2D eigenvalue weighted by atomic mass is 32.2. The number of benzene rings is 1. The minimum Gasteiger partial charge on any atom is -0.341 e. The van der Waals surface area contributed by atoms with Gasteiger partial charge in [-0.25, -0.2) is 9.18 Å². The third-order valence-electron chi connectivity index (χ3n) is 2.58. The van der Waals surface area contributed by atoms with Crippen molar-refractivity contribution in [1.82, 2.24) is 10.6 Å². The number of nitrogens with one attached hydrogen (secondary N) is 2. The Labute approximate surface area is 116 Å². The van der Waals surface area contributed by atoms with Crippen LogP contribution in [0.1, 0.15) is 24.7 Å². The van der Waals surface area contributed by atoms with E-state index in [1.165, 1.54) is 30.9 Å². The van der Waals surface area contributed by atoms with E-state index in [1.54, 1.807) is 19.1 Å². The number of hydrogen-bond donors (Lipinski definition) is 2. The summed E-state index contributed by atoms with van der Waals surface area (Å²) in [5.41, 5.74) is 0.936. The summed E-state index contributed by atoms with van der Waals surface area (Å²) in [7, 11) is 1.45. The number of carbonyl (C=O) groups is 2. The van der Waals surface area contributed by atoms with Gasteiger partial charge in [-0.2, -0.15) is 0 Å². The van der Waals surface area contributed by atoms with Gasteiger partial charge < -0.3 is 5.32 Å². The Balaban J connectivity index is 2.56. The van der Waals surface area contributed by atoms with Crippen LogP contribution in [0.25, 0.3) is 0 Å². The van der Waals surface area contributed by atoms with Crippen LogP contribution in [0.3, 0.4) is 0 Å². The zero-order valence-corrected chi connectivity index (χ0v) is 11.9. The number of carbonyl (C=O) groups excluding carboxylic acids is 2. The third kappa shape index (κ3) is 4.90. The van der Waals surface area contributed by atoms with Crippen LogP contribution in [0.5, 0.6) is 0 Å². The summed E-state index contributed by atoms with van der Waals surface area (Å²) in [6, 6.07) is 5.64. The third-order valence-corrected chi connectivity index (χ3v) is 3.88. The van der Waals surface area contributed by atoms with Gasteiger partial charge in [0, 0.05) is 12.3 Å². The van der Waals surface area contributed by atoms with Gasteiger partial charge in [0.05, 0.1) is 5.25 Å². The Bertz CT molecular complexity index is 450. The number of imide groups is 1. The van der Waals surface area contributed by atoms with Crippen LogP contribution in [0.2, 0.25) is 0 Å². The Morgan fingerprint density at radius 1 is 1.21 bits per heavy atom. The monoisotopic (exact) mass is 284 g/mol. The van der Waals surface area contributed by atoms with E-state index in [1.807, 2.05) is 6.92 Å². The Hall–Kier alpha value is -1.56. The molecule has 3 amide bonds. The number of amides is 3. The summed E-state index contributed by atoms with van der Waals surface area (Å²) in [5, 5.41) is 4.20. The SMILES string of the molecule is CNC(=O)NC(=O)[C@@H](C)S[C@H](C)c1ccc(F)cc1. The number of thioether (sulfide) groups is 1. The molecule has 0 bridgehead atoms. The Kier molecular flexibility index (Phi) is 5.82. The second-order valence-electron chi connectivity index (χ2n) is 4.04. The number of urea groups is 1. The smallest absolute Gasteiger partial charge is 0.321 e. The zero-order chi connectivity index (χ0) is 14.4. The van der Waals surface area contributed by atoms with Crippen LogP contribution in [0.15, 0.2) is 24.3 Å². The first kappa shape index (κ1) is 15.5. The molecule has 2 atom stereocenters. The van der Waals surface area contributed by atoms with Gasteiger partial charge in [0.25, 0.3) is 0 Å². The minimum absolute atomic E-state index is 0.0334. The van der Waals surface area contributed by atoms with E-state index in [-0.39, 0.29) is 22.2 Å². The van der Waals surface area contributed by atoms with Gasteiger partial charge in [0.1, 0.15) is 5.82 Å². The fourth-order valence-electron chi connectivity index (χ4n) is 1.46. The van der Waals surface area contributed by atoms with Crippen molar-refractivity contribution in [2.45, 2.75) is 24.3 Å². The van der Waals surface area contributed by atoms with Crippen molar-refractivity contribution in [3.63, 3.8) is 0 Å². The topological polar surface area (TPSA) is 58.2 Å². The molecule has 0 saturated heterocycles. The largest absolute Gasteiger partial charge is 0.341 e. The number of halogens is 1. The lowest BCUT2D eigenvalue weighted by atomic mass is 10.2. The van der Waals surface area contributed by atoms with Crippen LogP contribution < -0.4 is 10.6 Å². The highest BCUT2D eigenvalue weighted by molar-refractivity contribution is 8.00. The molecule has 0 spiro atoms. The molecule has 0 aromatic heterocycles. The van der Waals surface area contributed by atoms with Gasteiger partial charge in [-0.3, -0.25) is 10.1 Å². The summed E-state index contributed by atoms with van der Waals surface area (Å²) in [6.07, 6.45) is 0. The van der Waals surface area contributed by atoms with Crippen LogP contribution in [0, 0.1) is 5.82 Å². The molecule has 1 aromatic rings. The maximum atomic E-state index is 12.8. The molecule has 4 nitrogen and oxygen atoms in total. The maximum Gasteiger partial charge on any atom is 0.321 e. The van der Waals surface area contributed by atoms with Gasteiger partial charge in [-0.15, -0.1) is 11.8 Å². The number of hydrogen-bond acceptors (Lipinski definition) is 3. The average Bonchev–Trinajstić information content (AvgIpc) is 2.38. The van der Waals surface area contributed by atoms with E-state index < -0.39 is 6.03 Å². The molecular formula is C13H17FN2O2S. The van der Waals surface area contributed by atoms with Crippen LogP contribution in [0.4, 0.5) is 9.18 Å². The van der Waals surface area contributed by atoms with Crippen molar-refractivity contribution in [1.29, 1.82) is 0 Å². The average molecular weight is 284 g/mol. The first-order valence-corrected chi connectivity index (χ1v) is 6.81. The molecule has 1 aromatic carbocycles. The molecule has 0 radical (unpaired) electrons. The van der Waals surface area contributed by atoms with E-state index in [4.69, 9.17) is 0 Å². The van der Waals surface area contributed by atoms with Crippen LogP contribution in [-0.4, -0.2) is 24.2 Å². The minimum atomic E-state index is -0.521. The van der Waals surface area contributed by atoms with E-state index in [9.17, 15) is 14.0 Å². The van der Waals surface area contributed by atoms with Crippen molar-refractivity contribution < 1.29 is 14.0 Å². The predicted octanol–water partition coefficient (Wildman–Crippen LogP) is 2.46. The van der Waals surface area contributed by atoms with Gasteiger partial charge in [-0.1, -0.05) is 12.1 Å². The molecule has 19 heavy (non-hydrogen) atoms. The molecule has 6 heteroatoms. The number of rotatable bonds is 4. The van der Waals surface area contributed by atoms with Gasteiger partial charge in [0.2, 0.25) is 5.91 Å². The molecule has 104 valence electrons. The van der Waals surface area contributed by atoms with E-state index in [0.717, 1.165) is 5.56 Å². The molecule has 1 rings (SSSR count). The highest BCUT2D eigenvalue weighted by Gasteiger charge is 2.19. The van der Waals surface area contributed by atoms with Gasteiger partial charge in [0.15, 0.2) is 0 Å². The standard InChI is InChI=1S/C13H17FN2O2S/c1-8(10-4-6-11(14)7-5-10)19-9(2)12(17)16-13(18)15-3/h4-9H,1-3H3,(H2,15,16,17,18)/t8-,9-/m1/s1. The Morgan fingerprint density at radius 2 is 1.79 bits per heavy atom. The lowest BCUT2D eigenvalue weighted by Crippen LogP contribution is -2.41. The molecule has 0 fully saturated rings. The molecule has 0 aliphatic carbocycles. The fraction of sp³-hybridized carbons (Fsp3) is 0.385. The summed E-state index contributed by atoms with van der Waals surface area (Å²) >= 11 is 1.40. The zero-order valence-electron chi connectivity index (χ0n) is 11.1. The lowest BCUT2D eigenvalue weighted by Gasteiger charge is -2.16. The van der Waals surface area contributed by atoms with Crippen molar-refractivity contribution in [2.75, 3.05) is 7.05 Å². The quantitative estimate of drug-likeness (QED) is 0.893. The predicted molar refractivity (Wildman–Crippen MR) is 74.5 cm³/mol. The van der Waals surface area contributed by atoms with E-state index >= 15 is 0 Å². The molecule has 2 N–H and O–H groups in total. The van der Waals surface area contributed by atoms with Crippen molar-refractivity contribution >= 4 is 23.7 Å². The van der Waals surface area contributed by atoms with E-state index in [2.05, 4.69) is 10.6 Å². The normalized spacial score (nSPS) is 13.5. The maximum absolute atomic E-state index is 12.8. The van der Waals surface area contributed by atoms with Crippen LogP contribution in [-0.2, 0) is 4.79 Å². The molecule has 0 aliphatic rings. The lowest BCUT2D eigenvalue weighted by molar-refractivity contribution is -0.119. The summed E-state index contributed by atoms with van der Waals surface area (Å²) in [4.78, 5) is 22.7. The van der Waals surface area contributed by atoms with Crippen molar-refractivity contribution in [3.05, 3.63) is 35.6 Å². The van der Waals surface area contributed by atoms with Crippen molar-refractivity contribution in [3.8, 4) is 0 Å².